The maximum atomic E-state index is 13.5. The fourth-order valence-electron chi connectivity index (χ4n) is 5.40. The lowest BCUT2D eigenvalue weighted by Gasteiger charge is -2.36. The number of benzene rings is 1. The van der Waals surface area contributed by atoms with Crippen LogP contribution in [0.2, 0.25) is 0 Å². The summed E-state index contributed by atoms with van der Waals surface area (Å²) < 4.78 is 30.4. The van der Waals surface area contributed by atoms with Gasteiger partial charge < -0.3 is 14.5 Å². The molecule has 1 aromatic carbocycles. The normalized spacial score (nSPS) is 21.8. The van der Waals surface area contributed by atoms with Crippen molar-refractivity contribution in [3.8, 4) is 0 Å². The fraction of sp³-hybridized carbons (Fsp3) is 0.519. The zero-order valence-corrected chi connectivity index (χ0v) is 23.3. The SMILES string of the molecule is C[C@@H]1COC(=O)N1c1ccc(C(=O)N2CCN(c3ncc(C4CC4)cc3C3CC3)CC2)c(S(C)(=O)=O)c1.Cl. The first-order valence-corrected chi connectivity index (χ1v) is 14.9. The minimum atomic E-state index is -3.72. The second kappa shape index (κ2) is 10.0. The summed E-state index contributed by atoms with van der Waals surface area (Å²) in [4.78, 5) is 35.8. The molecule has 2 saturated carbocycles. The number of aromatic nitrogens is 1. The van der Waals surface area contributed by atoms with Crippen LogP contribution in [0.1, 0.15) is 65.9 Å². The van der Waals surface area contributed by atoms with Gasteiger partial charge in [-0.05, 0) is 73.8 Å². The van der Waals surface area contributed by atoms with Gasteiger partial charge >= 0.3 is 6.09 Å². The Hall–Kier alpha value is -2.85. The quantitative estimate of drug-likeness (QED) is 0.527. The Bertz CT molecular complexity index is 1370. The lowest BCUT2D eigenvalue weighted by atomic mass is 10.1. The van der Waals surface area contributed by atoms with Crippen LogP contribution >= 0.6 is 12.4 Å². The number of carbonyl (C=O) groups is 2. The molecular weight excluding hydrogens is 528 g/mol. The van der Waals surface area contributed by atoms with E-state index in [2.05, 4.69) is 11.0 Å². The first-order valence-electron chi connectivity index (χ1n) is 13.0. The Kier molecular flexibility index (Phi) is 7.06. The average Bonchev–Trinajstić information content (AvgIpc) is 3.81. The number of piperazine rings is 1. The molecule has 4 fully saturated rings. The molecule has 2 saturated heterocycles. The molecule has 38 heavy (non-hydrogen) atoms. The van der Waals surface area contributed by atoms with Gasteiger partial charge in [0.15, 0.2) is 9.84 Å². The van der Waals surface area contributed by atoms with Gasteiger partial charge in [0.1, 0.15) is 12.4 Å². The first kappa shape index (κ1) is 26.7. The van der Waals surface area contributed by atoms with E-state index >= 15 is 0 Å². The average molecular weight is 561 g/mol. The molecule has 1 atom stereocenters. The van der Waals surface area contributed by atoms with Gasteiger partial charge in [-0.2, -0.15) is 0 Å². The van der Waals surface area contributed by atoms with Gasteiger partial charge in [0.25, 0.3) is 5.91 Å². The van der Waals surface area contributed by atoms with E-state index in [0.717, 1.165) is 12.1 Å². The predicted octanol–water partition coefficient (Wildman–Crippen LogP) is 3.97. The molecule has 6 rings (SSSR count). The molecule has 2 aliphatic carbocycles. The van der Waals surface area contributed by atoms with Crippen molar-refractivity contribution in [2.75, 3.05) is 48.8 Å². The van der Waals surface area contributed by atoms with Crippen LogP contribution in [0.25, 0.3) is 0 Å². The number of pyridine rings is 1. The number of nitrogens with zero attached hydrogens (tertiary/aromatic N) is 4. The van der Waals surface area contributed by atoms with E-state index in [1.54, 1.807) is 11.0 Å². The summed E-state index contributed by atoms with van der Waals surface area (Å²) in [5, 5.41) is 0. The maximum Gasteiger partial charge on any atom is 0.414 e. The largest absolute Gasteiger partial charge is 0.447 e. The number of rotatable bonds is 6. The van der Waals surface area contributed by atoms with E-state index in [-0.39, 0.29) is 41.4 Å². The maximum absolute atomic E-state index is 13.5. The van der Waals surface area contributed by atoms with E-state index in [4.69, 9.17) is 9.72 Å². The second-order valence-corrected chi connectivity index (χ2v) is 12.7. The summed E-state index contributed by atoms with van der Waals surface area (Å²) in [6, 6.07) is 6.68. The van der Waals surface area contributed by atoms with Crippen LogP contribution in [0, 0.1) is 0 Å². The topological polar surface area (TPSA) is 100 Å². The number of amides is 2. The summed E-state index contributed by atoms with van der Waals surface area (Å²) in [5.74, 6) is 1.98. The molecule has 2 aliphatic heterocycles. The van der Waals surface area contributed by atoms with Crippen molar-refractivity contribution in [3.05, 3.63) is 47.2 Å². The molecule has 2 aromatic rings. The lowest BCUT2D eigenvalue weighted by Crippen LogP contribution is -2.49. The van der Waals surface area contributed by atoms with Crippen molar-refractivity contribution in [1.29, 1.82) is 0 Å². The van der Waals surface area contributed by atoms with Crippen LogP contribution in [0.15, 0.2) is 35.4 Å². The first-order chi connectivity index (χ1) is 17.7. The van der Waals surface area contributed by atoms with E-state index in [0.29, 0.717) is 43.7 Å². The molecule has 0 radical (unpaired) electrons. The zero-order chi connectivity index (χ0) is 25.9. The molecule has 0 bridgehead atoms. The third-order valence-electron chi connectivity index (χ3n) is 7.81. The van der Waals surface area contributed by atoms with Crippen LogP contribution in [-0.4, -0.2) is 75.4 Å². The highest BCUT2D eigenvalue weighted by Crippen LogP contribution is 2.47. The van der Waals surface area contributed by atoms with Crippen LogP contribution in [-0.2, 0) is 14.6 Å². The van der Waals surface area contributed by atoms with E-state index in [9.17, 15) is 18.0 Å². The third-order valence-corrected chi connectivity index (χ3v) is 8.94. The minimum absolute atomic E-state index is 0. The molecule has 3 heterocycles. The fourth-order valence-corrected chi connectivity index (χ4v) is 6.29. The molecular formula is C27H33ClN4O5S. The predicted molar refractivity (Wildman–Crippen MR) is 146 cm³/mol. The molecule has 4 aliphatic rings. The molecule has 11 heteroatoms. The Morgan fingerprint density at radius 2 is 1.71 bits per heavy atom. The molecule has 0 spiro atoms. The Labute approximate surface area is 229 Å². The van der Waals surface area contributed by atoms with Crippen LogP contribution in [0.5, 0.6) is 0 Å². The summed E-state index contributed by atoms with van der Waals surface area (Å²) in [6.45, 7) is 4.31. The van der Waals surface area contributed by atoms with Crippen molar-refractivity contribution >= 4 is 45.7 Å². The van der Waals surface area contributed by atoms with Gasteiger partial charge in [-0.3, -0.25) is 9.69 Å². The highest BCUT2D eigenvalue weighted by atomic mass is 35.5. The smallest absolute Gasteiger partial charge is 0.414 e. The Morgan fingerprint density at radius 3 is 2.29 bits per heavy atom. The summed E-state index contributed by atoms with van der Waals surface area (Å²) in [5.41, 5.74) is 3.23. The van der Waals surface area contributed by atoms with Crippen molar-refractivity contribution in [2.24, 2.45) is 0 Å². The second-order valence-electron chi connectivity index (χ2n) is 10.8. The van der Waals surface area contributed by atoms with Gasteiger partial charge in [0.05, 0.1) is 16.5 Å². The number of sulfone groups is 1. The molecule has 0 N–H and O–H groups in total. The molecule has 204 valence electrons. The third kappa shape index (κ3) is 5.08. The number of cyclic esters (lactones) is 1. The molecule has 9 nitrogen and oxygen atoms in total. The van der Waals surface area contributed by atoms with Gasteiger partial charge in [-0.15, -0.1) is 12.4 Å². The summed E-state index contributed by atoms with van der Waals surface area (Å²) in [6.07, 6.45) is 7.51. The van der Waals surface area contributed by atoms with E-state index in [1.165, 1.54) is 53.8 Å². The molecule has 0 unspecified atom stereocenters. The zero-order valence-electron chi connectivity index (χ0n) is 21.6. The lowest BCUT2D eigenvalue weighted by molar-refractivity contribution is 0.0742. The van der Waals surface area contributed by atoms with Gasteiger partial charge in [0.2, 0.25) is 0 Å². The minimum Gasteiger partial charge on any atom is -0.447 e. The number of ether oxygens (including phenoxy) is 1. The van der Waals surface area contributed by atoms with Gasteiger partial charge in [0, 0.05) is 44.3 Å². The summed E-state index contributed by atoms with van der Waals surface area (Å²) >= 11 is 0. The number of halogens is 1. The number of hydrogen-bond donors (Lipinski definition) is 0. The Morgan fingerprint density at radius 1 is 1.03 bits per heavy atom. The highest BCUT2D eigenvalue weighted by molar-refractivity contribution is 7.90. The van der Waals surface area contributed by atoms with Crippen molar-refractivity contribution in [1.82, 2.24) is 9.88 Å². The summed E-state index contributed by atoms with van der Waals surface area (Å²) in [7, 11) is -3.72. The van der Waals surface area contributed by atoms with Crippen LogP contribution in [0.4, 0.5) is 16.3 Å². The van der Waals surface area contributed by atoms with E-state index in [1.807, 2.05) is 13.1 Å². The standard InChI is InChI=1S/C27H32N4O5S.ClH/c1-17-16-36-27(33)31(17)21-7-8-22(24(14-21)37(2,34)35)26(32)30-11-9-29(10-12-30)25-23(19-5-6-19)13-20(15-28-25)18-3-4-18;/h7-8,13-15,17-19H,3-6,9-12,16H2,1-2H3;1H/t17-;/m1./s1. The highest BCUT2D eigenvalue weighted by Gasteiger charge is 2.35. The molecule has 1 aromatic heterocycles. The number of anilines is 2. The Balaban J connectivity index is 0.00000294. The number of carbonyl (C=O) groups excluding carboxylic acids is 2. The van der Waals surface area contributed by atoms with Crippen molar-refractivity contribution in [3.63, 3.8) is 0 Å². The van der Waals surface area contributed by atoms with Crippen LogP contribution < -0.4 is 9.80 Å². The van der Waals surface area contributed by atoms with Gasteiger partial charge in [-0.25, -0.2) is 18.2 Å². The van der Waals surface area contributed by atoms with Crippen molar-refractivity contribution in [2.45, 2.75) is 55.4 Å². The van der Waals surface area contributed by atoms with E-state index < -0.39 is 15.9 Å². The monoisotopic (exact) mass is 560 g/mol. The van der Waals surface area contributed by atoms with Crippen LogP contribution in [0.3, 0.4) is 0 Å². The van der Waals surface area contributed by atoms with Crippen molar-refractivity contribution < 1.29 is 22.7 Å². The molecule has 2 amide bonds. The number of hydrogen-bond acceptors (Lipinski definition) is 7. The van der Waals surface area contributed by atoms with Gasteiger partial charge in [-0.1, -0.05) is 6.07 Å².